The highest BCUT2D eigenvalue weighted by atomic mass is 79.9. The van der Waals surface area contributed by atoms with Crippen LogP contribution in [0.1, 0.15) is 26.5 Å². The normalized spacial score (nSPS) is 14.8. The Bertz CT molecular complexity index is 370. The molecule has 0 aliphatic heterocycles. The van der Waals surface area contributed by atoms with E-state index in [1.807, 2.05) is 33.9 Å². The van der Waals surface area contributed by atoms with Gasteiger partial charge in [0.2, 0.25) is 0 Å². The number of hydrogen-bond donors (Lipinski definition) is 0. The fraction of sp³-hybridized carbons (Fsp3) is 0.556. The van der Waals surface area contributed by atoms with Gasteiger partial charge >= 0.3 is 0 Å². The maximum absolute atomic E-state index is 11.6. The van der Waals surface area contributed by atoms with Gasteiger partial charge in [-0.05, 0) is 42.8 Å². The first-order valence-electron chi connectivity index (χ1n) is 4.46. The van der Waals surface area contributed by atoms with Crippen molar-refractivity contribution in [3.05, 3.63) is 16.4 Å². The fourth-order valence-electron chi connectivity index (χ4n) is 0.826. The van der Waals surface area contributed by atoms with Crippen molar-refractivity contribution in [1.82, 2.24) is 9.78 Å². The highest BCUT2D eigenvalue weighted by Gasteiger charge is 2.25. The Morgan fingerprint density at radius 1 is 1.60 bits per heavy atom. The maximum atomic E-state index is 11.6. The summed E-state index contributed by atoms with van der Waals surface area (Å²) in [6.07, 6.45) is 1.58. The summed E-state index contributed by atoms with van der Waals surface area (Å²) in [5.74, 6) is 0. The Balaban J connectivity index is 2.78. The van der Waals surface area contributed by atoms with Crippen molar-refractivity contribution in [3.63, 3.8) is 0 Å². The van der Waals surface area contributed by atoms with Crippen molar-refractivity contribution in [1.29, 1.82) is 0 Å². The van der Waals surface area contributed by atoms with E-state index < -0.39 is 11.4 Å². The molecule has 0 aliphatic rings. The summed E-state index contributed by atoms with van der Waals surface area (Å²) < 4.78 is 17.7. The van der Waals surface area contributed by atoms with Gasteiger partial charge in [-0.2, -0.15) is 5.10 Å². The van der Waals surface area contributed by atoms with Crippen molar-refractivity contribution in [3.8, 4) is 0 Å². The molecule has 0 spiro atoms. The zero-order chi connectivity index (χ0) is 11.6. The van der Waals surface area contributed by atoms with E-state index in [1.54, 1.807) is 10.9 Å². The Morgan fingerprint density at radius 3 is 2.60 bits per heavy atom. The predicted molar refractivity (Wildman–Crippen MR) is 66.4 cm³/mol. The highest BCUT2D eigenvalue weighted by Crippen LogP contribution is 2.17. The van der Waals surface area contributed by atoms with Gasteiger partial charge in [0, 0.05) is 7.05 Å². The van der Waals surface area contributed by atoms with Crippen molar-refractivity contribution >= 4 is 33.5 Å². The molecule has 0 bridgehead atoms. The van der Waals surface area contributed by atoms with E-state index >= 15 is 0 Å². The molecule has 0 saturated heterocycles. The van der Waals surface area contributed by atoms with Crippen LogP contribution in [0.25, 0.3) is 0 Å². The molecule has 0 aliphatic carbocycles. The highest BCUT2D eigenvalue weighted by molar-refractivity contribution is 9.10. The fourth-order valence-corrected chi connectivity index (χ4v) is 1.82. The first kappa shape index (κ1) is 12.7. The molecule has 1 atom stereocenters. The van der Waals surface area contributed by atoms with Crippen LogP contribution in [0.5, 0.6) is 0 Å². The SMILES string of the molecule is Cn1nc(Br)cc1C=N[S+]([O-])C(C)(C)C. The molecule has 84 valence electrons. The number of halogens is 1. The molecule has 6 heteroatoms. The van der Waals surface area contributed by atoms with Crippen LogP contribution in [0, 0.1) is 0 Å². The number of aromatic nitrogens is 2. The quantitative estimate of drug-likeness (QED) is 0.619. The average Bonchev–Trinajstić information content (AvgIpc) is 2.39. The van der Waals surface area contributed by atoms with E-state index in [-0.39, 0.29) is 4.75 Å². The van der Waals surface area contributed by atoms with Crippen LogP contribution in [0.4, 0.5) is 0 Å². The van der Waals surface area contributed by atoms with Crippen molar-refractivity contribution in [2.24, 2.45) is 11.4 Å². The third-order valence-electron chi connectivity index (χ3n) is 1.69. The molecule has 0 radical (unpaired) electrons. The second-order valence-corrected chi connectivity index (χ2v) is 6.86. The summed E-state index contributed by atoms with van der Waals surface area (Å²) in [7, 11) is 1.81. The van der Waals surface area contributed by atoms with E-state index in [1.165, 1.54) is 0 Å². The van der Waals surface area contributed by atoms with Crippen molar-refractivity contribution in [2.45, 2.75) is 25.5 Å². The van der Waals surface area contributed by atoms with Gasteiger partial charge in [-0.15, -0.1) is 0 Å². The van der Waals surface area contributed by atoms with Gasteiger partial charge in [-0.25, -0.2) is 0 Å². The molecule has 0 fully saturated rings. The molecule has 15 heavy (non-hydrogen) atoms. The molecule has 0 amide bonds. The van der Waals surface area contributed by atoms with Gasteiger partial charge in [0.25, 0.3) is 0 Å². The predicted octanol–water partition coefficient (Wildman–Crippen LogP) is 2.06. The molecule has 1 rings (SSSR count). The zero-order valence-corrected chi connectivity index (χ0v) is 11.6. The second kappa shape index (κ2) is 4.67. The minimum Gasteiger partial charge on any atom is -0.591 e. The van der Waals surface area contributed by atoms with Crippen molar-refractivity contribution < 1.29 is 4.55 Å². The lowest BCUT2D eigenvalue weighted by molar-refractivity contribution is 0.561. The first-order chi connectivity index (χ1) is 6.80. The van der Waals surface area contributed by atoms with Crippen LogP contribution < -0.4 is 0 Å². The summed E-state index contributed by atoms with van der Waals surface area (Å²) in [5, 5.41) is 4.09. The van der Waals surface area contributed by atoms with Crippen LogP contribution >= 0.6 is 15.9 Å². The third kappa shape index (κ3) is 3.62. The summed E-state index contributed by atoms with van der Waals surface area (Å²) in [6.45, 7) is 5.67. The van der Waals surface area contributed by atoms with E-state index in [0.717, 1.165) is 10.3 Å². The molecule has 1 aromatic rings. The van der Waals surface area contributed by atoms with Gasteiger partial charge in [-0.1, -0.05) is 4.40 Å². The number of rotatable bonds is 2. The van der Waals surface area contributed by atoms with Crippen LogP contribution in [-0.2, 0) is 18.4 Å². The minimum absolute atomic E-state index is 0.327. The number of aryl methyl sites for hydroxylation is 1. The second-order valence-electron chi connectivity index (χ2n) is 4.11. The monoisotopic (exact) mass is 291 g/mol. The Labute approximate surface area is 101 Å². The van der Waals surface area contributed by atoms with E-state index in [4.69, 9.17) is 0 Å². The zero-order valence-electron chi connectivity index (χ0n) is 9.19. The molecule has 1 aromatic heterocycles. The Morgan fingerprint density at radius 2 is 2.20 bits per heavy atom. The minimum atomic E-state index is -1.22. The van der Waals surface area contributed by atoms with Gasteiger partial charge in [0.15, 0.2) is 0 Å². The van der Waals surface area contributed by atoms with E-state index in [2.05, 4.69) is 25.4 Å². The van der Waals surface area contributed by atoms with Crippen LogP contribution in [0.3, 0.4) is 0 Å². The summed E-state index contributed by atoms with van der Waals surface area (Å²) >= 11 is 2.04. The number of hydrogen-bond acceptors (Lipinski definition) is 3. The molecular formula is C9H14BrN3OS. The lowest BCUT2D eigenvalue weighted by Crippen LogP contribution is -2.25. The topological polar surface area (TPSA) is 53.2 Å². The van der Waals surface area contributed by atoms with Gasteiger partial charge in [0.05, 0.1) is 5.69 Å². The lowest BCUT2D eigenvalue weighted by atomic mass is 10.3. The van der Waals surface area contributed by atoms with Crippen LogP contribution in [0.2, 0.25) is 0 Å². The Hall–Kier alpha value is -0.330. The molecule has 1 unspecified atom stereocenters. The van der Waals surface area contributed by atoms with E-state index in [0.29, 0.717) is 0 Å². The molecule has 4 nitrogen and oxygen atoms in total. The van der Waals surface area contributed by atoms with Gasteiger partial charge < -0.3 is 4.55 Å². The van der Waals surface area contributed by atoms with Gasteiger partial charge in [0.1, 0.15) is 26.9 Å². The maximum Gasteiger partial charge on any atom is 0.144 e. The molecule has 1 heterocycles. The average molecular weight is 292 g/mol. The van der Waals surface area contributed by atoms with Crippen LogP contribution in [0.15, 0.2) is 15.1 Å². The summed E-state index contributed by atoms with van der Waals surface area (Å²) in [5.41, 5.74) is 0.819. The first-order valence-corrected chi connectivity index (χ1v) is 6.36. The molecular weight excluding hydrogens is 278 g/mol. The van der Waals surface area contributed by atoms with Crippen molar-refractivity contribution in [2.75, 3.05) is 0 Å². The number of nitrogens with zero attached hydrogens (tertiary/aromatic N) is 3. The Kier molecular flexibility index (Phi) is 3.97. The van der Waals surface area contributed by atoms with Gasteiger partial charge in [-0.3, -0.25) is 4.68 Å². The smallest absolute Gasteiger partial charge is 0.144 e. The van der Waals surface area contributed by atoms with Crippen LogP contribution in [-0.4, -0.2) is 25.3 Å². The summed E-state index contributed by atoms with van der Waals surface area (Å²) in [6, 6.07) is 1.82. The summed E-state index contributed by atoms with van der Waals surface area (Å²) in [4.78, 5) is 0. The lowest BCUT2D eigenvalue weighted by Gasteiger charge is -2.17. The largest absolute Gasteiger partial charge is 0.591 e. The third-order valence-corrected chi connectivity index (χ3v) is 3.42. The molecule has 0 aromatic carbocycles. The molecule has 0 N–H and O–H groups in total. The van der Waals surface area contributed by atoms with E-state index in [9.17, 15) is 4.55 Å². The molecule has 0 saturated carbocycles. The standard InChI is InChI=1S/C9H14BrN3OS/c1-9(2,3)15(14)11-6-7-5-8(10)12-13(7)4/h5-6H,1-4H3.